The fourth-order valence-electron chi connectivity index (χ4n) is 3.57. The van der Waals surface area contributed by atoms with Gasteiger partial charge in [-0.2, -0.15) is 0 Å². The highest BCUT2D eigenvalue weighted by atomic mass is 16.7. The van der Waals surface area contributed by atoms with Crippen molar-refractivity contribution in [3.8, 4) is 11.3 Å². The van der Waals surface area contributed by atoms with Gasteiger partial charge in [-0.05, 0) is 60.5 Å². The Balaban J connectivity index is 0.000000771. The van der Waals surface area contributed by atoms with E-state index in [-0.39, 0.29) is 18.4 Å². The lowest BCUT2D eigenvalue weighted by atomic mass is 10.0. The van der Waals surface area contributed by atoms with Gasteiger partial charge in [0.2, 0.25) is 0 Å². The Morgan fingerprint density at radius 1 is 1.08 bits per heavy atom. The maximum atomic E-state index is 12.4. The van der Waals surface area contributed by atoms with Gasteiger partial charge >= 0.3 is 0 Å². The van der Waals surface area contributed by atoms with E-state index in [9.17, 15) is 9.59 Å². The zero-order valence-electron chi connectivity index (χ0n) is 22.7. The number of aromatic nitrogens is 2. The summed E-state index contributed by atoms with van der Waals surface area (Å²) in [6, 6.07) is 19.3. The second-order valence-corrected chi connectivity index (χ2v) is 9.20. The summed E-state index contributed by atoms with van der Waals surface area (Å²) in [5.41, 5.74) is 14.2. The van der Waals surface area contributed by atoms with Gasteiger partial charge in [-0.15, -0.1) is 0 Å². The number of nitrogens with two attached hydrogens (primary N) is 1. The van der Waals surface area contributed by atoms with Crippen molar-refractivity contribution < 1.29 is 19.2 Å². The zero-order chi connectivity index (χ0) is 28.2. The molecule has 0 fully saturated rings. The third-order valence-electron chi connectivity index (χ3n) is 5.65. The number of fused-ring (bicyclic) bond motifs is 1. The van der Waals surface area contributed by atoms with Gasteiger partial charge in [0.25, 0.3) is 5.91 Å². The molecule has 0 aliphatic carbocycles. The van der Waals surface area contributed by atoms with Crippen LogP contribution in [0.1, 0.15) is 35.3 Å². The van der Waals surface area contributed by atoms with E-state index in [4.69, 9.17) is 20.3 Å². The van der Waals surface area contributed by atoms with Crippen LogP contribution in [0, 0.1) is 12.8 Å². The molecule has 0 spiro atoms. The maximum absolute atomic E-state index is 12.4. The Kier molecular flexibility index (Phi) is 10.9. The van der Waals surface area contributed by atoms with E-state index >= 15 is 0 Å². The summed E-state index contributed by atoms with van der Waals surface area (Å²) < 4.78 is 4.90. The first-order valence-electron chi connectivity index (χ1n) is 12.6. The number of ether oxygens (including phenoxy) is 1. The highest BCUT2D eigenvalue weighted by molar-refractivity contribution is 5.95. The summed E-state index contributed by atoms with van der Waals surface area (Å²) in [4.78, 5) is 36.0. The van der Waals surface area contributed by atoms with Crippen LogP contribution in [0.3, 0.4) is 0 Å². The highest BCUT2D eigenvalue weighted by Crippen LogP contribution is 2.26. The van der Waals surface area contributed by atoms with E-state index in [1.807, 2.05) is 69.3 Å². The number of nitrogen functional groups attached to an aromatic ring is 1. The van der Waals surface area contributed by atoms with Crippen molar-refractivity contribution in [1.82, 2.24) is 15.4 Å². The molecule has 1 amide bonds. The molecule has 2 heterocycles. The minimum absolute atomic E-state index is 0.204. The molecule has 0 bridgehead atoms. The molecule has 0 saturated carbocycles. The van der Waals surface area contributed by atoms with Crippen molar-refractivity contribution >= 4 is 34.6 Å². The average molecular weight is 530 g/mol. The van der Waals surface area contributed by atoms with Gasteiger partial charge in [0, 0.05) is 42.3 Å². The SMILES string of the molecule is CC(C)C=O.COCCONC(=O)c1ccc(-c2ccc(N)c(NCc3ccc4ncccc4c3)n2)cc1C. The number of nitrogens with zero attached hydrogens (tertiary/aromatic N) is 2. The minimum Gasteiger partial charge on any atom is -0.396 e. The number of methoxy groups -OCH3 is 1. The Morgan fingerprint density at radius 3 is 2.59 bits per heavy atom. The summed E-state index contributed by atoms with van der Waals surface area (Å²) in [6.07, 6.45) is 2.70. The third kappa shape index (κ3) is 8.59. The molecule has 0 saturated heterocycles. The van der Waals surface area contributed by atoms with E-state index in [1.54, 1.807) is 19.4 Å². The van der Waals surface area contributed by atoms with Crippen LogP contribution in [0.15, 0.2) is 66.9 Å². The number of benzene rings is 2. The van der Waals surface area contributed by atoms with Crippen molar-refractivity contribution in [2.75, 3.05) is 31.4 Å². The monoisotopic (exact) mass is 529 g/mol. The lowest BCUT2D eigenvalue weighted by molar-refractivity contribution is -0.110. The van der Waals surface area contributed by atoms with Crippen LogP contribution in [0.2, 0.25) is 0 Å². The number of aldehydes is 1. The number of nitrogens with one attached hydrogen (secondary N) is 2. The van der Waals surface area contributed by atoms with E-state index in [0.29, 0.717) is 30.2 Å². The van der Waals surface area contributed by atoms with E-state index in [1.165, 1.54) is 0 Å². The van der Waals surface area contributed by atoms with Gasteiger partial charge in [0.15, 0.2) is 0 Å². The van der Waals surface area contributed by atoms with Crippen LogP contribution >= 0.6 is 0 Å². The summed E-state index contributed by atoms with van der Waals surface area (Å²) in [6.45, 7) is 6.83. The molecule has 4 N–H and O–H groups in total. The molecular formula is C30H35N5O4. The van der Waals surface area contributed by atoms with Gasteiger partial charge in [0.05, 0.1) is 30.1 Å². The number of anilines is 2. The third-order valence-corrected chi connectivity index (χ3v) is 5.65. The van der Waals surface area contributed by atoms with Gasteiger partial charge in [-0.1, -0.05) is 32.0 Å². The number of hydrogen-bond acceptors (Lipinski definition) is 8. The molecule has 0 aliphatic heterocycles. The van der Waals surface area contributed by atoms with Crippen LogP contribution < -0.4 is 16.5 Å². The molecule has 4 rings (SSSR count). The molecule has 0 unspecified atom stereocenters. The lowest BCUT2D eigenvalue weighted by Gasteiger charge is -2.12. The minimum atomic E-state index is -0.307. The molecule has 4 aromatic rings. The molecule has 0 aliphatic rings. The normalized spacial score (nSPS) is 10.6. The number of amides is 1. The summed E-state index contributed by atoms with van der Waals surface area (Å²) in [5, 5.41) is 4.42. The van der Waals surface area contributed by atoms with E-state index in [2.05, 4.69) is 21.8 Å². The van der Waals surface area contributed by atoms with Crippen LogP contribution in [0.4, 0.5) is 11.5 Å². The van der Waals surface area contributed by atoms with Crippen molar-refractivity contribution in [2.24, 2.45) is 5.92 Å². The van der Waals surface area contributed by atoms with E-state index < -0.39 is 0 Å². The number of hydrogen-bond donors (Lipinski definition) is 3. The molecule has 9 nitrogen and oxygen atoms in total. The van der Waals surface area contributed by atoms with Gasteiger partial charge in [-0.25, -0.2) is 10.5 Å². The number of aryl methyl sites for hydroxylation is 1. The highest BCUT2D eigenvalue weighted by Gasteiger charge is 2.12. The number of rotatable bonds is 10. The van der Waals surface area contributed by atoms with Crippen molar-refractivity contribution in [3.63, 3.8) is 0 Å². The van der Waals surface area contributed by atoms with Crippen molar-refractivity contribution in [1.29, 1.82) is 0 Å². The Hall–Kier alpha value is -4.34. The van der Waals surface area contributed by atoms with Gasteiger partial charge in [0.1, 0.15) is 12.1 Å². The fourth-order valence-corrected chi connectivity index (χ4v) is 3.57. The molecule has 2 aromatic carbocycles. The molecule has 39 heavy (non-hydrogen) atoms. The predicted molar refractivity (Wildman–Crippen MR) is 154 cm³/mol. The van der Waals surface area contributed by atoms with Crippen LogP contribution in [0.5, 0.6) is 0 Å². The van der Waals surface area contributed by atoms with Gasteiger partial charge in [-0.3, -0.25) is 14.6 Å². The van der Waals surface area contributed by atoms with Crippen LogP contribution in [-0.4, -0.2) is 42.5 Å². The summed E-state index contributed by atoms with van der Waals surface area (Å²) in [7, 11) is 1.57. The van der Waals surface area contributed by atoms with Crippen molar-refractivity contribution in [3.05, 3.63) is 83.6 Å². The predicted octanol–water partition coefficient (Wildman–Crippen LogP) is 4.95. The van der Waals surface area contributed by atoms with Gasteiger partial charge < -0.3 is 20.6 Å². The van der Waals surface area contributed by atoms with Crippen LogP contribution in [0.25, 0.3) is 22.2 Å². The van der Waals surface area contributed by atoms with E-state index in [0.717, 1.165) is 39.6 Å². The summed E-state index contributed by atoms with van der Waals surface area (Å²) >= 11 is 0. The smallest absolute Gasteiger partial charge is 0.275 e. The molecule has 2 aromatic heterocycles. The first kappa shape index (κ1) is 29.2. The van der Waals surface area contributed by atoms with Crippen molar-refractivity contribution in [2.45, 2.75) is 27.3 Å². The zero-order valence-corrected chi connectivity index (χ0v) is 22.7. The number of carbonyl (C=O) groups excluding carboxylic acids is 2. The fraction of sp³-hybridized carbons (Fsp3) is 0.267. The molecular weight excluding hydrogens is 494 g/mol. The molecule has 0 atom stereocenters. The maximum Gasteiger partial charge on any atom is 0.275 e. The first-order chi connectivity index (χ1) is 18.8. The topological polar surface area (TPSA) is 128 Å². The number of hydroxylamine groups is 1. The lowest BCUT2D eigenvalue weighted by Crippen LogP contribution is -2.26. The number of pyridine rings is 2. The second-order valence-electron chi connectivity index (χ2n) is 9.20. The second kappa shape index (κ2) is 14.6. The Bertz CT molecular complexity index is 1410. The molecule has 0 radical (unpaired) electrons. The molecule has 204 valence electrons. The largest absolute Gasteiger partial charge is 0.396 e. The number of carbonyl (C=O) groups is 2. The first-order valence-corrected chi connectivity index (χ1v) is 12.6. The average Bonchev–Trinajstić information content (AvgIpc) is 2.95. The van der Waals surface area contributed by atoms with Crippen LogP contribution in [-0.2, 0) is 20.9 Å². The Labute approximate surface area is 228 Å². The standard InChI is InChI=1S/C26H27N5O3.C4H8O/c1-17-14-20(6-7-21(17)26(32)31-34-13-12-33-2)24-10-8-22(27)25(30-24)29-16-18-5-9-23-19(15-18)4-3-11-28-23;1-4(2)3-5/h3-11,14-15H,12-13,16,27H2,1-2H3,(H,29,30)(H,31,32);3-4H,1-2H3. The molecule has 9 heteroatoms. The summed E-state index contributed by atoms with van der Waals surface area (Å²) in [5.74, 6) is 0.503. The quantitative estimate of drug-likeness (QED) is 0.150. The Morgan fingerprint density at radius 2 is 1.87 bits per heavy atom.